The molecule has 0 spiro atoms. The van der Waals surface area contributed by atoms with Crippen LogP contribution < -0.4 is 10.5 Å². The topological polar surface area (TPSA) is 44.5 Å². The average molecular weight is 213 g/mol. The van der Waals surface area contributed by atoms with Crippen molar-refractivity contribution in [2.45, 2.75) is 13.0 Å². The lowest BCUT2D eigenvalue weighted by atomic mass is 10.3. The number of para-hydroxylation sites is 1. The number of benzene rings is 1. The highest BCUT2D eigenvalue weighted by atomic mass is 19.1. The highest BCUT2D eigenvalue weighted by Crippen LogP contribution is 2.14. The second kappa shape index (κ2) is 6.37. The maximum Gasteiger partial charge on any atom is 0.165 e. The van der Waals surface area contributed by atoms with E-state index in [1.807, 2.05) is 6.92 Å². The number of halogens is 1. The molecule has 84 valence electrons. The summed E-state index contributed by atoms with van der Waals surface area (Å²) < 4.78 is 23.5. The number of rotatable bonds is 6. The standard InChI is InChI=1S/C11H16FNO2/c1-9(8-13)14-6-7-15-11-5-3-2-4-10(11)12/h2-5,9H,6-8,13H2,1H3. The molecule has 3 nitrogen and oxygen atoms in total. The first-order chi connectivity index (χ1) is 7.24. The van der Waals surface area contributed by atoms with E-state index in [1.165, 1.54) is 6.07 Å². The molecule has 15 heavy (non-hydrogen) atoms. The van der Waals surface area contributed by atoms with E-state index < -0.39 is 0 Å². The molecule has 1 rings (SSSR count). The Kier molecular flexibility index (Phi) is 5.07. The predicted molar refractivity (Wildman–Crippen MR) is 56.4 cm³/mol. The van der Waals surface area contributed by atoms with Gasteiger partial charge >= 0.3 is 0 Å². The summed E-state index contributed by atoms with van der Waals surface area (Å²) in [7, 11) is 0. The first kappa shape index (κ1) is 11.9. The van der Waals surface area contributed by atoms with E-state index in [0.717, 1.165) is 0 Å². The van der Waals surface area contributed by atoms with Gasteiger partial charge in [0.2, 0.25) is 0 Å². The van der Waals surface area contributed by atoms with Crippen molar-refractivity contribution in [3.05, 3.63) is 30.1 Å². The van der Waals surface area contributed by atoms with Crippen LogP contribution >= 0.6 is 0 Å². The molecule has 1 aromatic rings. The van der Waals surface area contributed by atoms with Gasteiger partial charge in [-0.05, 0) is 19.1 Å². The van der Waals surface area contributed by atoms with Crippen LogP contribution in [-0.4, -0.2) is 25.9 Å². The lowest BCUT2D eigenvalue weighted by Gasteiger charge is -2.11. The summed E-state index contributed by atoms with van der Waals surface area (Å²) in [5.41, 5.74) is 5.36. The fourth-order valence-corrected chi connectivity index (χ4v) is 1.03. The molecule has 4 heteroatoms. The minimum Gasteiger partial charge on any atom is -0.488 e. The molecule has 0 saturated carbocycles. The van der Waals surface area contributed by atoms with E-state index in [4.69, 9.17) is 15.2 Å². The Hall–Kier alpha value is -1.13. The fourth-order valence-electron chi connectivity index (χ4n) is 1.03. The third-order valence-corrected chi connectivity index (χ3v) is 1.91. The minimum atomic E-state index is -0.357. The van der Waals surface area contributed by atoms with E-state index in [-0.39, 0.29) is 17.7 Å². The molecule has 0 aromatic heterocycles. The molecule has 1 atom stereocenters. The Morgan fingerprint density at radius 3 is 2.73 bits per heavy atom. The number of ether oxygens (including phenoxy) is 2. The molecular weight excluding hydrogens is 197 g/mol. The van der Waals surface area contributed by atoms with Gasteiger partial charge in [-0.3, -0.25) is 0 Å². The van der Waals surface area contributed by atoms with Crippen molar-refractivity contribution in [3.8, 4) is 5.75 Å². The predicted octanol–water partition coefficient (Wildman–Crippen LogP) is 1.57. The Morgan fingerprint density at radius 2 is 2.07 bits per heavy atom. The van der Waals surface area contributed by atoms with Crippen molar-refractivity contribution in [3.63, 3.8) is 0 Å². The smallest absolute Gasteiger partial charge is 0.165 e. The third kappa shape index (κ3) is 4.27. The van der Waals surface area contributed by atoms with Crippen LogP contribution in [0.3, 0.4) is 0 Å². The second-order valence-corrected chi connectivity index (χ2v) is 3.20. The zero-order valence-corrected chi connectivity index (χ0v) is 8.78. The van der Waals surface area contributed by atoms with Crippen LogP contribution in [0.2, 0.25) is 0 Å². The van der Waals surface area contributed by atoms with Crippen LogP contribution in [0.15, 0.2) is 24.3 Å². The highest BCUT2D eigenvalue weighted by molar-refractivity contribution is 5.23. The van der Waals surface area contributed by atoms with Gasteiger partial charge < -0.3 is 15.2 Å². The quantitative estimate of drug-likeness (QED) is 0.729. The molecule has 0 heterocycles. The highest BCUT2D eigenvalue weighted by Gasteiger charge is 2.02. The van der Waals surface area contributed by atoms with Crippen molar-refractivity contribution in [1.82, 2.24) is 0 Å². The second-order valence-electron chi connectivity index (χ2n) is 3.20. The maximum atomic E-state index is 13.1. The SMILES string of the molecule is CC(CN)OCCOc1ccccc1F. The van der Waals surface area contributed by atoms with Crippen molar-refractivity contribution in [2.75, 3.05) is 19.8 Å². The number of hydrogen-bond acceptors (Lipinski definition) is 3. The normalized spacial score (nSPS) is 12.5. The molecule has 1 unspecified atom stereocenters. The average Bonchev–Trinajstić information content (AvgIpc) is 2.26. The fraction of sp³-hybridized carbons (Fsp3) is 0.455. The Balaban J connectivity index is 2.23. The van der Waals surface area contributed by atoms with Crippen molar-refractivity contribution in [2.24, 2.45) is 5.73 Å². The molecule has 0 saturated heterocycles. The molecule has 1 aromatic carbocycles. The largest absolute Gasteiger partial charge is 0.488 e. The van der Waals surface area contributed by atoms with Crippen LogP contribution in [0.25, 0.3) is 0 Å². The molecule has 0 aliphatic heterocycles. The summed E-state index contributed by atoms with van der Waals surface area (Å²) >= 11 is 0. The Bertz CT molecular complexity index is 294. The van der Waals surface area contributed by atoms with Gasteiger partial charge in [0.1, 0.15) is 6.61 Å². The van der Waals surface area contributed by atoms with Gasteiger partial charge in [-0.15, -0.1) is 0 Å². The van der Waals surface area contributed by atoms with Gasteiger partial charge in [-0.1, -0.05) is 12.1 Å². The maximum absolute atomic E-state index is 13.1. The molecule has 2 N–H and O–H groups in total. The van der Waals surface area contributed by atoms with Gasteiger partial charge in [0, 0.05) is 6.54 Å². The minimum absolute atomic E-state index is 0.00854. The number of hydrogen-bond donors (Lipinski definition) is 1. The first-order valence-corrected chi connectivity index (χ1v) is 4.93. The van der Waals surface area contributed by atoms with Crippen molar-refractivity contribution < 1.29 is 13.9 Å². The molecule has 0 bridgehead atoms. The van der Waals surface area contributed by atoms with Crippen LogP contribution in [0, 0.1) is 5.82 Å². The molecule has 0 amide bonds. The summed E-state index contributed by atoms with van der Waals surface area (Å²) in [5.74, 6) is -0.106. The van der Waals surface area contributed by atoms with Crippen LogP contribution in [0.4, 0.5) is 4.39 Å². The summed E-state index contributed by atoms with van der Waals surface area (Å²) in [6.07, 6.45) is 0.00854. The van der Waals surface area contributed by atoms with Crippen molar-refractivity contribution >= 4 is 0 Å². The number of nitrogens with two attached hydrogens (primary N) is 1. The van der Waals surface area contributed by atoms with Crippen LogP contribution in [0.1, 0.15) is 6.92 Å². The van der Waals surface area contributed by atoms with Gasteiger partial charge in [0.05, 0.1) is 12.7 Å². The molecule has 0 aliphatic rings. The van der Waals surface area contributed by atoms with Crippen LogP contribution in [0.5, 0.6) is 5.75 Å². The molecule has 0 radical (unpaired) electrons. The van der Waals surface area contributed by atoms with E-state index in [0.29, 0.717) is 19.8 Å². The molecular formula is C11H16FNO2. The van der Waals surface area contributed by atoms with E-state index >= 15 is 0 Å². The van der Waals surface area contributed by atoms with E-state index in [1.54, 1.807) is 18.2 Å². The zero-order valence-electron chi connectivity index (χ0n) is 8.78. The van der Waals surface area contributed by atoms with E-state index in [2.05, 4.69) is 0 Å². The van der Waals surface area contributed by atoms with Gasteiger partial charge in [-0.25, -0.2) is 4.39 Å². The monoisotopic (exact) mass is 213 g/mol. The summed E-state index contributed by atoms with van der Waals surface area (Å²) in [6.45, 7) is 3.08. The lowest BCUT2D eigenvalue weighted by Crippen LogP contribution is -2.22. The van der Waals surface area contributed by atoms with Crippen molar-refractivity contribution in [1.29, 1.82) is 0 Å². The molecule has 0 aliphatic carbocycles. The summed E-state index contributed by atoms with van der Waals surface area (Å²) in [4.78, 5) is 0. The first-order valence-electron chi connectivity index (χ1n) is 4.93. The van der Waals surface area contributed by atoms with Gasteiger partial charge in [-0.2, -0.15) is 0 Å². The third-order valence-electron chi connectivity index (χ3n) is 1.91. The zero-order chi connectivity index (χ0) is 11.1. The van der Waals surface area contributed by atoms with Crippen LogP contribution in [-0.2, 0) is 4.74 Å². The summed E-state index contributed by atoms with van der Waals surface area (Å²) in [5, 5.41) is 0. The lowest BCUT2D eigenvalue weighted by molar-refractivity contribution is 0.0488. The van der Waals surface area contributed by atoms with Gasteiger partial charge in [0.15, 0.2) is 11.6 Å². The Morgan fingerprint density at radius 1 is 1.33 bits per heavy atom. The van der Waals surface area contributed by atoms with E-state index in [9.17, 15) is 4.39 Å². The van der Waals surface area contributed by atoms with Gasteiger partial charge in [0.25, 0.3) is 0 Å². The summed E-state index contributed by atoms with van der Waals surface area (Å²) in [6, 6.07) is 6.29. The molecule has 0 fully saturated rings. The Labute approximate surface area is 89.0 Å².